The zero-order valence-corrected chi connectivity index (χ0v) is 10.3. The Balaban J connectivity index is 2.49. The number of hydrogen-bond donors (Lipinski definition) is 0. The van der Waals surface area contributed by atoms with Crippen LogP contribution in [0.5, 0.6) is 5.75 Å². The second-order valence-corrected chi connectivity index (χ2v) is 5.27. The molecule has 0 aliphatic rings. The molecule has 0 saturated carbocycles. The van der Waals surface area contributed by atoms with Crippen molar-refractivity contribution >= 4 is 10.0 Å². The lowest BCUT2D eigenvalue weighted by molar-refractivity contribution is 0.414. The molecule has 0 aliphatic carbocycles. The average Bonchev–Trinajstić information content (AvgIpc) is 2.76. The molecule has 17 heavy (non-hydrogen) atoms. The molecular weight excluding hydrogens is 240 g/mol. The van der Waals surface area contributed by atoms with Crippen molar-refractivity contribution in [1.29, 1.82) is 0 Å². The molecule has 1 aromatic heterocycles. The van der Waals surface area contributed by atoms with Crippen molar-refractivity contribution in [1.82, 2.24) is 8.96 Å². The SMILES string of the molecule is COc1ccc(S(=O)(=O)n2ccnc2C)cc1. The Morgan fingerprint density at radius 1 is 1.24 bits per heavy atom. The molecule has 0 radical (unpaired) electrons. The molecule has 0 bridgehead atoms. The summed E-state index contributed by atoms with van der Waals surface area (Å²) in [5.74, 6) is 1.05. The molecule has 1 heterocycles. The highest BCUT2D eigenvalue weighted by molar-refractivity contribution is 7.90. The zero-order chi connectivity index (χ0) is 12.5. The summed E-state index contributed by atoms with van der Waals surface area (Å²) in [5, 5.41) is 0. The van der Waals surface area contributed by atoms with E-state index in [-0.39, 0.29) is 4.90 Å². The average molecular weight is 252 g/mol. The first-order valence-corrected chi connectivity index (χ1v) is 6.39. The highest BCUT2D eigenvalue weighted by Crippen LogP contribution is 2.18. The van der Waals surface area contributed by atoms with E-state index in [1.54, 1.807) is 19.1 Å². The van der Waals surface area contributed by atoms with Gasteiger partial charge in [-0.25, -0.2) is 17.4 Å². The number of imidazole rings is 1. The third-order valence-corrected chi connectivity index (χ3v) is 4.17. The molecule has 5 nitrogen and oxygen atoms in total. The standard InChI is InChI=1S/C11H12N2O3S/c1-9-12-7-8-13(9)17(14,15)11-5-3-10(16-2)4-6-11/h3-8H,1-2H3. The molecule has 0 spiro atoms. The minimum atomic E-state index is -3.55. The Bertz CT molecular complexity index is 614. The molecule has 0 saturated heterocycles. The van der Waals surface area contributed by atoms with Gasteiger partial charge in [-0.15, -0.1) is 0 Å². The molecule has 0 amide bonds. The lowest BCUT2D eigenvalue weighted by Crippen LogP contribution is -2.13. The monoisotopic (exact) mass is 252 g/mol. The molecular formula is C11H12N2O3S. The fraction of sp³-hybridized carbons (Fsp3) is 0.182. The van der Waals surface area contributed by atoms with Gasteiger partial charge in [0.25, 0.3) is 10.0 Å². The maximum atomic E-state index is 12.2. The number of benzene rings is 1. The van der Waals surface area contributed by atoms with Crippen molar-refractivity contribution in [2.45, 2.75) is 11.8 Å². The highest BCUT2D eigenvalue weighted by atomic mass is 32.2. The number of methoxy groups -OCH3 is 1. The van der Waals surface area contributed by atoms with Crippen LogP contribution < -0.4 is 4.74 Å². The molecule has 0 aliphatic heterocycles. The molecule has 90 valence electrons. The Labute approximate surface area is 99.7 Å². The summed E-state index contributed by atoms with van der Waals surface area (Å²) in [5.41, 5.74) is 0. The van der Waals surface area contributed by atoms with E-state index in [9.17, 15) is 8.42 Å². The lowest BCUT2D eigenvalue weighted by Gasteiger charge is -2.07. The summed E-state index contributed by atoms with van der Waals surface area (Å²) >= 11 is 0. The van der Waals surface area contributed by atoms with E-state index in [4.69, 9.17) is 4.74 Å². The van der Waals surface area contributed by atoms with Crippen molar-refractivity contribution in [2.75, 3.05) is 7.11 Å². The number of aryl methyl sites for hydroxylation is 1. The lowest BCUT2D eigenvalue weighted by atomic mass is 10.3. The summed E-state index contributed by atoms with van der Waals surface area (Å²) in [6.07, 6.45) is 2.88. The first kappa shape index (κ1) is 11.7. The van der Waals surface area contributed by atoms with Gasteiger partial charge in [-0.2, -0.15) is 0 Å². The summed E-state index contributed by atoms with van der Waals surface area (Å²) in [4.78, 5) is 4.11. The van der Waals surface area contributed by atoms with E-state index < -0.39 is 10.0 Å². The minimum Gasteiger partial charge on any atom is -0.497 e. The number of rotatable bonds is 3. The molecule has 6 heteroatoms. The van der Waals surface area contributed by atoms with E-state index in [1.807, 2.05) is 0 Å². The fourth-order valence-corrected chi connectivity index (χ4v) is 2.80. The van der Waals surface area contributed by atoms with Crippen molar-refractivity contribution in [3.8, 4) is 5.75 Å². The van der Waals surface area contributed by atoms with Gasteiger partial charge in [-0.1, -0.05) is 0 Å². The van der Waals surface area contributed by atoms with Gasteiger partial charge >= 0.3 is 0 Å². The number of nitrogens with zero attached hydrogens (tertiary/aromatic N) is 2. The Morgan fingerprint density at radius 2 is 1.88 bits per heavy atom. The van der Waals surface area contributed by atoms with E-state index in [1.165, 1.54) is 31.6 Å². The van der Waals surface area contributed by atoms with Gasteiger partial charge in [0.05, 0.1) is 12.0 Å². The summed E-state index contributed by atoms with van der Waals surface area (Å²) in [6, 6.07) is 6.24. The second kappa shape index (κ2) is 4.21. The van der Waals surface area contributed by atoms with Crippen LogP contribution >= 0.6 is 0 Å². The molecule has 0 fully saturated rings. The van der Waals surface area contributed by atoms with Gasteiger partial charge in [0.1, 0.15) is 11.6 Å². The van der Waals surface area contributed by atoms with Crippen molar-refractivity contribution in [2.24, 2.45) is 0 Å². The molecule has 0 N–H and O–H groups in total. The van der Waals surface area contributed by atoms with Crippen LogP contribution in [-0.4, -0.2) is 24.5 Å². The molecule has 0 unspecified atom stereocenters. The predicted molar refractivity (Wildman–Crippen MR) is 62.5 cm³/mol. The van der Waals surface area contributed by atoms with Crippen LogP contribution in [0.15, 0.2) is 41.6 Å². The maximum Gasteiger partial charge on any atom is 0.269 e. The Hall–Kier alpha value is -1.82. The van der Waals surface area contributed by atoms with E-state index in [0.29, 0.717) is 11.6 Å². The van der Waals surface area contributed by atoms with Crippen molar-refractivity contribution in [3.05, 3.63) is 42.5 Å². The van der Waals surface area contributed by atoms with Gasteiger partial charge < -0.3 is 4.74 Å². The fourth-order valence-electron chi connectivity index (χ4n) is 1.48. The second-order valence-electron chi connectivity index (χ2n) is 3.45. The van der Waals surface area contributed by atoms with Gasteiger partial charge in [-0.05, 0) is 31.2 Å². The van der Waals surface area contributed by atoms with Gasteiger partial charge in [0.15, 0.2) is 0 Å². The number of ether oxygens (including phenoxy) is 1. The summed E-state index contributed by atoms with van der Waals surface area (Å²) < 4.78 is 30.5. The van der Waals surface area contributed by atoms with Crippen molar-refractivity contribution < 1.29 is 13.2 Å². The van der Waals surface area contributed by atoms with E-state index >= 15 is 0 Å². The van der Waals surface area contributed by atoms with Crippen LogP contribution in [0.3, 0.4) is 0 Å². The maximum absolute atomic E-state index is 12.2. The summed E-state index contributed by atoms with van der Waals surface area (Å²) in [6.45, 7) is 1.64. The zero-order valence-electron chi connectivity index (χ0n) is 9.49. The molecule has 0 atom stereocenters. The highest BCUT2D eigenvalue weighted by Gasteiger charge is 2.18. The molecule has 1 aromatic carbocycles. The molecule has 2 aromatic rings. The van der Waals surface area contributed by atoms with Crippen LogP contribution in [0.4, 0.5) is 0 Å². The normalized spacial score (nSPS) is 11.4. The van der Waals surface area contributed by atoms with Crippen LogP contribution in [-0.2, 0) is 10.0 Å². The van der Waals surface area contributed by atoms with E-state index in [0.717, 1.165) is 3.97 Å². The topological polar surface area (TPSA) is 61.2 Å². The summed E-state index contributed by atoms with van der Waals surface area (Å²) in [7, 11) is -2.02. The number of hydrogen-bond acceptors (Lipinski definition) is 4. The van der Waals surface area contributed by atoms with Crippen LogP contribution in [0.2, 0.25) is 0 Å². The van der Waals surface area contributed by atoms with Gasteiger partial charge in [0.2, 0.25) is 0 Å². The van der Waals surface area contributed by atoms with E-state index in [2.05, 4.69) is 4.98 Å². The van der Waals surface area contributed by atoms with Gasteiger partial charge in [0, 0.05) is 12.4 Å². The van der Waals surface area contributed by atoms with Crippen LogP contribution in [0.1, 0.15) is 5.82 Å². The van der Waals surface area contributed by atoms with Gasteiger partial charge in [-0.3, -0.25) is 0 Å². The quantitative estimate of drug-likeness (QED) is 0.829. The largest absolute Gasteiger partial charge is 0.497 e. The first-order valence-electron chi connectivity index (χ1n) is 4.95. The number of aromatic nitrogens is 2. The Morgan fingerprint density at radius 3 is 2.35 bits per heavy atom. The first-order chi connectivity index (χ1) is 8.05. The molecule has 2 rings (SSSR count). The van der Waals surface area contributed by atoms with Crippen LogP contribution in [0.25, 0.3) is 0 Å². The van der Waals surface area contributed by atoms with Crippen LogP contribution in [0, 0.1) is 6.92 Å². The smallest absolute Gasteiger partial charge is 0.269 e. The van der Waals surface area contributed by atoms with Crippen molar-refractivity contribution in [3.63, 3.8) is 0 Å². The third kappa shape index (κ3) is 2.03. The predicted octanol–water partition coefficient (Wildman–Crippen LogP) is 1.44. The third-order valence-electron chi connectivity index (χ3n) is 2.40. The Kier molecular flexibility index (Phi) is 2.89. The minimum absolute atomic E-state index is 0.208.